The van der Waals surface area contributed by atoms with E-state index in [0.29, 0.717) is 28.7 Å². The zero-order valence-corrected chi connectivity index (χ0v) is 42.1. The molecule has 0 saturated heterocycles. The summed E-state index contributed by atoms with van der Waals surface area (Å²) in [5, 5.41) is 47.4. The molecule has 0 aliphatic heterocycles. The molecule has 0 aliphatic carbocycles. The van der Waals surface area contributed by atoms with Crippen LogP contribution in [0.4, 0.5) is 0 Å². The Morgan fingerprint density at radius 2 is 0.682 bits per heavy atom. The highest BCUT2D eigenvalue weighted by Gasteiger charge is 2.23. The second kappa shape index (κ2) is 65.8. The molecule has 12 N–H and O–H groups in total. The molecule has 0 radical (unpaired) electrons. The maximum atomic E-state index is 10.6. The molecule has 0 bridgehead atoms. The Labute approximate surface area is 390 Å². The van der Waals surface area contributed by atoms with Crippen LogP contribution in [0.5, 0.6) is 0 Å². The van der Waals surface area contributed by atoms with Crippen LogP contribution in [0.2, 0.25) is 0 Å². The van der Waals surface area contributed by atoms with Gasteiger partial charge in [0.25, 0.3) is 0 Å². The summed E-state index contributed by atoms with van der Waals surface area (Å²) in [6.07, 6.45) is 0.479. The third kappa shape index (κ3) is 85.4. The summed E-state index contributed by atoms with van der Waals surface area (Å²) in [4.78, 5) is 81.6. The van der Waals surface area contributed by atoms with Gasteiger partial charge in [0.15, 0.2) is 5.60 Å². The van der Waals surface area contributed by atoms with Gasteiger partial charge < -0.3 is 80.2 Å². The molecule has 0 aromatic rings. The fourth-order valence-electron chi connectivity index (χ4n) is 1.74. The van der Waals surface area contributed by atoms with Crippen molar-refractivity contribution >= 4 is 47.8 Å². The number of aliphatic carboxylic acids is 1. The van der Waals surface area contributed by atoms with Gasteiger partial charge in [0.2, 0.25) is 0 Å². The van der Waals surface area contributed by atoms with Crippen molar-refractivity contribution in [2.75, 3.05) is 77.2 Å². The molecular formula is C42H84O24. The zero-order chi connectivity index (χ0) is 53.2. The van der Waals surface area contributed by atoms with Crippen LogP contribution in [0.3, 0.4) is 0 Å². The lowest BCUT2D eigenvalue weighted by Crippen LogP contribution is -2.31. The van der Waals surface area contributed by atoms with E-state index in [-0.39, 0.29) is 82.9 Å². The third-order valence-corrected chi connectivity index (χ3v) is 5.23. The largest absolute Gasteiger partial charge is 0.478 e. The third-order valence-electron chi connectivity index (χ3n) is 5.23. The first-order chi connectivity index (χ1) is 28.8. The summed E-state index contributed by atoms with van der Waals surface area (Å²) in [7, 11) is 11.2. The maximum Gasteiger partial charge on any atom is 0.337 e. The minimum Gasteiger partial charge on any atom is -0.478 e. The normalized spacial score (nSPS) is 8.77. The van der Waals surface area contributed by atoms with Gasteiger partial charge in [0.1, 0.15) is 0 Å². The van der Waals surface area contributed by atoms with Gasteiger partial charge in [-0.3, -0.25) is 9.59 Å². The summed E-state index contributed by atoms with van der Waals surface area (Å²) < 4.78 is 30.0. The first-order valence-corrected chi connectivity index (χ1v) is 17.7. The van der Waals surface area contributed by atoms with Crippen molar-refractivity contribution in [3.05, 3.63) is 60.8 Å². The van der Waals surface area contributed by atoms with Crippen LogP contribution in [-0.2, 0) is 71.5 Å². The van der Waals surface area contributed by atoms with Gasteiger partial charge in [-0.25, -0.2) is 28.8 Å². The first kappa shape index (κ1) is 94.7. The average Bonchev–Trinajstić information content (AvgIpc) is 3.26. The molecule has 66 heavy (non-hydrogen) atoms. The van der Waals surface area contributed by atoms with E-state index in [0.717, 1.165) is 14.2 Å². The van der Waals surface area contributed by atoms with Crippen molar-refractivity contribution in [2.24, 2.45) is 11.8 Å². The molecule has 0 saturated carbocycles. The number of carbonyl (C=O) groups excluding carboxylic acids is 7. The highest BCUT2D eigenvalue weighted by molar-refractivity contribution is 5.88. The Hall–Kier alpha value is -5.86. The lowest BCUT2D eigenvalue weighted by molar-refractivity contribution is -0.158. The molecular weight excluding hydrogens is 888 g/mol. The Balaban J connectivity index is -0.0000000435. The first-order valence-electron chi connectivity index (χ1n) is 17.7. The van der Waals surface area contributed by atoms with Crippen molar-refractivity contribution in [1.82, 2.24) is 0 Å². The molecule has 0 aliphatic rings. The Kier molecular flexibility index (Phi) is 94.3. The number of hydrogen-bond donors (Lipinski definition) is 6. The molecule has 24 nitrogen and oxygen atoms in total. The van der Waals surface area contributed by atoms with E-state index in [1.54, 1.807) is 41.5 Å². The quantitative estimate of drug-likeness (QED) is 0.0916. The van der Waals surface area contributed by atoms with Crippen LogP contribution >= 0.6 is 0 Å². The van der Waals surface area contributed by atoms with Gasteiger partial charge >= 0.3 is 47.8 Å². The lowest BCUT2D eigenvalue weighted by atomic mass is 10.1. The number of aliphatic hydroxyl groups excluding tert-OH is 4. The van der Waals surface area contributed by atoms with E-state index in [1.165, 1.54) is 70.5 Å². The molecule has 0 heterocycles. The lowest BCUT2D eigenvalue weighted by Gasteiger charge is -2.12. The van der Waals surface area contributed by atoms with Gasteiger partial charge in [-0.2, -0.15) is 0 Å². The molecule has 0 rings (SSSR count). The molecule has 396 valence electrons. The SMILES string of the molecule is C=C(C)C(=O)O.C=C(C)C(=O)OC.C=C(C)C(=O)OC.C=C(C)C(=O)OC.C=C(C)C(=O)OC.CO.CO.COC(=O)C(C)(C)O.COC(=O)C(C)CCO.COC(=O)C(C)CO.O.O.O. The predicted octanol–water partition coefficient (Wildman–Crippen LogP) is 0.228. The number of rotatable bonds is 11. The summed E-state index contributed by atoms with van der Waals surface area (Å²) in [5.41, 5.74) is 0.555. The molecule has 0 aromatic carbocycles. The van der Waals surface area contributed by atoms with E-state index < -0.39 is 17.5 Å². The number of esters is 7. The summed E-state index contributed by atoms with van der Waals surface area (Å²) in [6, 6.07) is 0. The zero-order valence-electron chi connectivity index (χ0n) is 42.1. The number of aliphatic hydroxyl groups is 5. The maximum absolute atomic E-state index is 10.6. The fourth-order valence-corrected chi connectivity index (χ4v) is 1.74. The van der Waals surface area contributed by atoms with Crippen molar-refractivity contribution in [1.29, 1.82) is 0 Å². The van der Waals surface area contributed by atoms with Gasteiger partial charge in [-0.1, -0.05) is 39.8 Å². The van der Waals surface area contributed by atoms with Crippen molar-refractivity contribution < 1.29 is 119 Å². The molecule has 2 atom stereocenters. The second-order valence-corrected chi connectivity index (χ2v) is 11.8. The molecule has 0 aromatic heterocycles. The topological polar surface area (TPSA) is 417 Å². The number of hydrogen-bond acceptors (Lipinski definition) is 20. The number of ether oxygens (including phenoxy) is 7. The smallest absolute Gasteiger partial charge is 0.337 e. The van der Waals surface area contributed by atoms with Crippen LogP contribution < -0.4 is 0 Å². The highest BCUT2D eigenvalue weighted by atomic mass is 16.5. The predicted molar refractivity (Wildman–Crippen MR) is 246 cm³/mol. The van der Waals surface area contributed by atoms with Crippen molar-refractivity contribution in [3.8, 4) is 0 Å². The molecule has 24 heteroatoms. The Morgan fingerprint density at radius 3 is 0.742 bits per heavy atom. The van der Waals surface area contributed by atoms with Crippen LogP contribution in [0.25, 0.3) is 0 Å². The Morgan fingerprint density at radius 1 is 0.470 bits per heavy atom. The number of carboxylic acid groups (broad SMARTS) is 1. The Bertz CT molecular complexity index is 1210. The summed E-state index contributed by atoms with van der Waals surface area (Å²) in [5.74, 6) is -4.14. The monoisotopic (exact) mass is 973 g/mol. The number of methoxy groups -OCH3 is 7. The molecule has 2 unspecified atom stereocenters. The van der Waals surface area contributed by atoms with Crippen LogP contribution in [-0.4, -0.2) is 178 Å². The number of carboxylic acids is 1. The van der Waals surface area contributed by atoms with Crippen molar-refractivity contribution in [2.45, 2.75) is 74.3 Å². The fraction of sp³-hybridized carbons (Fsp3) is 0.571. The molecule has 0 fully saturated rings. The van der Waals surface area contributed by atoms with E-state index in [2.05, 4.69) is 66.1 Å². The van der Waals surface area contributed by atoms with E-state index >= 15 is 0 Å². The second-order valence-electron chi connectivity index (χ2n) is 11.8. The van der Waals surface area contributed by atoms with E-state index in [4.69, 9.17) is 30.6 Å². The molecule has 0 amide bonds. The van der Waals surface area contributed by atoms with Gasteiger partial charge in [0.05, 0.1) is 68.2 Å². The average molecular weight is 973 g/mol. The van der Waals surface area contributed by atoms with Gasteiger partial charge in [0, 0.05) is 48.7 Å². The van der Waals surface area contributed by atoms with Crippen molar-refractivity contribution in [3.63, 3.8) is 0 Å². The van der Waals surface area contributed by atoms with Gasteiger partial charge in [-0.05, 0) is 61.8 Å². The van der Waals surface area contributed by atoms with E-state index in [1.807, 2.05) is 0 Å². The highest BCUT2D eigenvalue weighted by Crippen LogP contribution is 2.02. The summed E-state index contributed by atoms with van der Waals surface area (Å²) >= 11 is 0. The minimum atomic E-state index is -1.35. The molecule has 0 spiro atoms. The minimum absolute atomic E-state index is 0. The van der Waals surface area contributed by atoms with E-state index in [9.17, 15) is 38.4 Å². The van der Waals surface area contributed by atoms with Crippen LogP contribution in [0.1, 0.15) is 68.7 Å². The van der Waals surface area contributed by atoms with Crippen LogP contribution in [0, 0.1) is 11.8 Å². The standard InChI is InChI=1S/C6H12O3.2C5H10O3.4C5H8O2.C4H6O2.2CH4O.3H2O/c1-5(3-4-7)6(8)9-2;1-5(2,7)4(6)8-3;1-4(3-6)5(7)8-2;4*1-4(2)5(6)7-3;1-3(2)4(5)6;2*1-2;;;/h5,7H,3-4H2,1-2H3;7H,1-3H3;4,6H,3H2,1-2H3;4*1H2,2-3H3;1H2,2H3,(H,5,6);2*2H,1H3;3*1H2. The van der Waals surface area contributed by atoms with Gasteiger partial charge in [-0.15, -0.1) is 0 Å². The number of carbonyl (C=O) groups is 8. The summed E-state index contributed by atoms with van der Waals surface area (Å²) in [6.45, 7) is 30.4. The van der Waals surface area contributed by atoms with Crippen LogP contribution in [0.15, 0.2) is 60.8 Å².